The predicted molar refractivity (Wildman–Crippen MR) is 176 cm³/mol. The summed E-state index contributed by atoms with van der Waals surface area (Å²) in [6.45, 7) is 12.3. The molecule has 240 valence electrons. The van der Waals surface area contributed by atoms with Crippen molar-refractivity contribution in [3.05, 3.63) is 34.6 Å². The van der Waals surface area contributed by atoms with E-state index in [9.17, 15) is 19.5 Å². The number of hydrazone groups is 1. The average molecular weight is 607 g/mol. The summed E-state index contributed by atoms with van der Waals surface area (Å²) in [4.78, 5) is 47.3. The van der Waals surface area contributed by atoms with E-state index in [1.165, 1.54) is 5.01 Å². The first-order chi connectivity index (χ1) is 21.3. The molecule has 1 atom stereocenters. The van der Waals surface area contributed by atoms with Crippen molar-refractivity contribution in [2.75, 3.05) is 29.9 Å². The minimum absolute atomic E-state index is 0.0122. The molecule has 2 heterocycles. The number of urea groups is 1. The number of unbranched alkanes of at least 4 members (excludes halogenated alkanes) is 2. The summed E-state index contributed by atoms with van der Waals surface area (Å²) in [6.07, 6.45) is 10.4. The van der Waals surface area contributed by atoms with Crippen LogP contribution in [0.1, 0.15) is 111 Å². The topological polar surface area (TPSA) is 127 Å². The highest BCUT2D eigenvalue weighted by molar-refractivity contribution is 6.44. The third-order valence-corrected chi connectivity index (χ3v) is 9.06. The van der Waals surface area contributed by atoms with Crippen molar-refractivity contribution in [2.45, 2.75) is 111 Å². The maximum absolute atomic E-state index is 13.8. The van der Waals surface area contributed by atoms with Gasteiger partial charge < -0.3 is 15.3 Å². The molecule has 1 aromatic rings. The fourth-order valence-corrected chi connectivity index (χ4v) is 6.30. The van der Waals surface area contributed by atoms with Gasteiger partial charge in [0.15, 0.2) is 0 Å². The highest BCUT2D eigenvalue weighted by atomic mass is 16.3. The van der Waals surface area contributed by atoms with Gasteiger partial charge in [-0.2, -0.15) is 5.10 Å². The second kappa shape index (κ2) is 15.3. The van der Waals surface area contributed by atoms with Crippen molar-refractivity contribution in [3.63, 3.8) is 0 Å². The molecule has 1 saturated carbocycles. The Morgan fingerprint density at radius 2 is 1.73 bits per heavy atom. The van der Waals surface area contributed by atoms with Crippen molar-refractivity contribution in [3.8, 4) is 0 Å². The van der Waals surface area contributed by atoms with Crippen molar-refractivity contribution in [1.29, 1.82) is 0 Å². The van der Waals surface area contributed by atoms with Crippen LogP contribution in [-0.4, -0.2) is 64.2 Å². The van der Waals surface area contributed by atoms with Gasteiger partial charge in [-0.3, -0.25) is 14.9 Å². The molecule has 1 aromatic heterocycles. The largest absolute Gasteiger partial charge is 0.506 e. The molecule has 0 bridgehead atoms. The molecule has 2 aliphatic carbocycles. The van der Waals surface area contributed by atoms with Crippen LogP contribution in [-0.2, 0) is 9.59 Å². The summed E-state index contributed by atoms with van der Waals surface area (Å²) >= 11 is 0. The number of carbonyl (C=O) groups excluding carboxylic acids is 3. The monoisotopic (exact) mass is 606 g/mol. The lowest BCUT2D eigenvalue weighted by Crippen LogP contribution is -2.37. The Morgan fingerprint density at radius 3 is 2.34 bits per heavy atom. The van der Waals surface area contributed by atoms with Crippen molar-refractivity contribution in [1.82, 2.24) is 15.3 Å². The summed E-state index contributed by atoms with van der Waals surface area (Å²) in [5, 5.41) is 23.5. The van der Waals surface area contributed by atoms with E-state index in [0.717, 1.165) is 77.3 Å². The normalized spacial score (nSPS) is 19.4. The van der Waals surface area contributed by atoms with Gasteiger partial charge in [0.1, 0.15) is 17.4 Å². The van der Waals surface area contributed by atoms with Crippen molar-refractivity contribution < 1.29 is 19.5 Å². The van der Waals surface area contributed by atoms with E-state index in [1.807, 2.05) is 18.7 Å². The number of amides is 3. The summed E-state index contributed by atoms with van der Waals surface area (Å²) in [6, 6.07) is 3.21. The van der Waals surface area contributed by atoms with E-state index in [-0.39, 0.29) is 40.2 Å². The second-order valence-corrected chi connectivity index (χ2v) is 12.1. The van der Waals surface area contributed by atoms with Gasteiger partial charge in [0.05, 0.1) is 22.4 Å². The average Bonchev–Trinajstić information content (AvgIpc) is 3.63. The molecule has 0 saturated heterocycles. The smallest absolute Gasteiger partial charge is 0.320 e. The fourth-order valence-electron chi connectivity index (χ4n) is 6.30. The molecular formula is C34H50N6O4. The van der Waals surface area contributed by atoms with E-state index < -0.39 is 11.8 Å². The summed E-state index contributed by atoms with van der Waals surface area (Å²) in [7, 11) is 0. The van der Waals surface area contributed by atoms with E-state index in [0.29, 0.717) is 36.0 Å². The molecule has 10 nitrogen and oxygen atoms in total. The van der Waals surface area contributed by atoms with Crippen molar-refractivity contribution in [2.24, 2.45) is 11.0 Å². The molecule has 4 rings (SSSR count). The number of anilines is 2. The number of rotatable bonds is 15. The molecule has 44 heavy (non-hydrogen) atoms. The first-order valence-electron chi connectivity index (χ1n) is 16.7. The molecule has 3 N–H and O–H groups in total. The molecule has 0 aromatic carbocycles. The number of aliphatic hydroxyl groups excluding tert-OH is 1. The lowest BCUT2D eigenvalue weighted by Gasteiger charge is -2.27. The van der Waals surface area contributed by atoms with Gasteiger partial charge in [-0.1, -0.05) is 59.3 Å². The number of nitrogens with one attached hydrogen (secondary N) is 2. The SMILES string of the molecule is CCCCC1=NN(CC(CC)CCCC)C(=O)/C1=C1/C(=O)C(c2ccc(N(CC)CC)nc2NC(=O)NC2CCCC2)=C1O. The molecule has 0 spiro atoms. The maximum Gasteiger partial charge on any atom is 0.320 e. The molecule has 0 radical (unpaired) electrons. The zero-order chi connectivity index (χ0) is 31.8. The van der Waals surface area contributed by atoms with E-state index >= 15 is 0 Å². The molecule has 1 aliphatic heterocycles. The Hall–Kier alpha value is -3.69. The third kappa shape index (κ3) is 7.16. The van der Waals surface area contributed by atoms with Crippen LogP contribution >= 0.6 is 0 Å². The molecule has 3 aliphatic rings. The van der Waals surface area contributed by atoms with Gasteiger partial charge in [-0.15, -0.1) is 0 Å². The number of carbonyl (C=O) groups is 3. The Balaban J connectivity index is 1.70. The Bertz CT molecular complexity index is 1320. The summed E-state index contributed by atoms with van der Waals surface area (Å²) in [5.41, 5.74) is 1.15. The third-order valence-electron chi connectivity index (χ3n) is 9.06. The number of Topliss-reactive ketones (excluding diaryl/α,β-unsaturated/α-hetero) is 1. The minimum atomic E-state index is -0.438. The van der Waals surface area contributed by atoms with E-state index in [1.54, 1.807) is 12.1 Å². The van der Waals surface area contributed by atoms with Crippen LogP contribution in [0.25, 0.3) is 5.57 Å². The maximum atomic E-state index is 13.8. The first-order valence-corrected chi connectivity index (χ1v) is 16.7. The number of aromatic nitrogens is 1. The second-order valence-electron chi connectivity index (χ2n) is 12.1. The Morgan fingerprint density at radius 1 is 1.02 bits per heavy atom. The quantitative estimate of drug-likeness (QED) is 0.190. The molecule has 1 unspecified atom stereocenters. The van der Waals surface area contributed by atoms with Crippen LogP contribution < -0.4 is 15.5 Å². The lowest BCUT2D eigenvalue weighted by molar-refractivity contribution is -0.126. The summed E-state index contributed by atoms with van der Waals surface area (Å²) in [5.74, 6) is 0.153. The molecular weight excluding hydrogens is 556 g/mol. The van der Waals surface area contributed by atoms with Gasteiger partial charge in [-0.25, -0.2) is 14.8 Å². The lowest BCUT2D eigenvalue weighted by atomic mass is 9.79. The standard InChI is InChI=1S/C34H50N6O4/c1-6-11-15-22(8-3)21-40-33(43)28(25(38-40)18-12-7-2)29-30(41)27(31(29)42)24-19-20-26(39(9-4)10-5)36-32(24)37-34(44)35-23-16-13-14-17-23/h19-20,22-23,41H,6-18,21H2,1-5H3,(H2,35,36,37,44)/b29-28+. The van der Waals surface area contributed by atoms with E-state index in [4.69, 9.17) is 4.98 Å². The molecule has 3 amide bonds. The number of aliphatic hydroxyl groups is 1. The molecule has 10 heteroatoms. The zero-order valence-corrected chi connectivity index (χ0v) is 27.2. The van der Waals surface area contributed by atoms with E-state index in [2.05, 4.69) is 36.5 Å². The van der Waals surface area contributed by atoms with Gasteiger partial charge in [0, 0.05) is 31.2 Å². The molecule has 1 fully saturated rings. The number of allylic oxidation sites excluding steroid dienone is 2. The van der Waals surface area contributed by atoms with Crippen LogP contribution in [0, 0.1) is 5.92 Å². The predicted octanol–water partition coefficient (Wildman–Crippen LogP) is 6.75. The van der Waals surface area contributed by atoms with Crippen LogP contribution in [0.3, 0.4) is 0 Å². The first kappa shape index (κ1) is 33.2. The summed E-state index contributed by atoms with van der Waals surface area (Å²) < 4.78 is 0. The van der Waals surface area contributed by atoms with Gasteiger partial charge in [0.2, 0.25) is 5.78 Å². The Kier molecular flexibility index (Phi) is 11.6. The highest BCUT2D eigenvalue weighted by Gasteiger charge is 2.44. The number of pyridine rings is 1. The number of ketones is 1. The number of nitrogens with zero attached hydrogens (tertiary/aromatic N) is 4. The van der Waals surface area contributed by atoms with Crippen LogP contribution in [0.4, 0.5) is 16.4 Å². The van der Waals surface area contributed by atoms with Crippen LogP contribution in [0.5, 0.6) is 0 Å². The van der Waals surface area contributed by atoms with Gasteiger partial charge in [-0.05, 0) is 64.0 Å². The Labute approximate surface area is 262 Å². The zero-order valence-electron chi connectivity index (χ0n) is 27.2. The van der Waals surface area contributed by atoms with Crippen LogP contribution in [0.15, 0.2) is 34.1 Å². The van der Waals surface area contributed by atoms with Crippen molar-refractivity contribution >= 4 is 40.6 Å². The van der Waals surface area contributed by atoms with Gasteiger partial charge >= 0.3 is 6.03 Å². The number of hydrogen-bond donors (Lipinski definition) is 3. The fraction of sp³-hybridized carbons (Fsp3) is 0.618. The highest BCUT2D eigenvalue weighted by Crippen LogP contribution is 2.42. The minimum Gasteiger partial charge on any atom is -0.506 e. The van der Waals surface area contributed by atoms with Crippen LogP contribution in [0.2, 0.25) is 0 Å². The van der Waals surface area contributed by atoms with Gasteiger partial charge in [0.25, 0.3) is 5.91 Å². The number of hydrogen-bond acceptors (Lipinski definition) is 7.